The van der Waals surface area contributed by atoms with Gasteiger partial charge in [0.05, 0.1) is 6.04 Å². The Kier molecular flexibility index (Phi) is 4.16. The minimum Gasteiger partial charge on any atom is -0.333 e. The number of aryl methyl sites for hydroxylation is 1. The van der Waals surface area contributed by atoms with E-state index in [4.69, 9.17) is 0 Å². The van der Waals surface area contributed by atoms with E-state index in [1.165, 1.54) is 5.56 Å². The van der Waals surface area contributed by atoms with Gasteiger partial charge in [-0.25, -0.2) is 0 Å². The second-order valence-corrected chi connectivity index (χ2v) is 8.58. The zero-order valence-corrected chi connectivity index (χ0v) is 16.5. The third-order valence-electron chi connectivity index (χ3n) is 7.27. The van der Waals surface area contributed by atoms with Crippen molar-refractivity contribution in [3.63, 3.8) is 0 Å². The third kappa shape index (κ3) is 2.56. The Morgan fingerprint density at radius 3 is 2.43 bits per heavy atom. The van der Waals surface area contributed by atoms with Gasteiger partial charge < -0.3 is 9.47 Å². The van der Waals surface area contributed by atoms with E-state index in [1.54, 1.807) is 17.7 Å². The summed E-state index contributed by atoms with van der Waals surface area (Å²) in [6.45, 7) is 4.84. The number of hydrogen-bond donors (Lipinski definition) is 0. The van der Waals surface area contributed by atoms with E-state index in [0.717, 1.165) is 31.6 Å². The number of carbonyl (C=O) groups is 1. The molecule has 0 spiro atoms. The van der Waals surface area contributed by atoms with Crippen LogP contribution in [0.1, 0.15) is 40.4 Å². The molecule has 3 atom stereocenters. The Morgan fingerprint density at radius 1 is 1.00 bits per heavy atom. The van der Waals surface area contributed by atoms with Crippen LogP contribution in [0.4, 0.5) is 0 Å². The molecule has 0 unspecified atom stereocenters. The Balaban J connectivity index is 1.55. The zero-order chi connectivity index (χ0) is 19.4. The number of amides is 1. The lowest BCUT2D eigenvalue weighted by Gasteiger charge is -2.51. The van der Waals surface area contributed by atoms with Gasteiger partial charge in [0, 0.05) is 31.2 Å². The summed E-state index contributed by atoms with van der Waals surface area (Å²) in [5.41, 5.74) is 2.28. The Bertz CT molecular complexity index is 960. The molecule has 2 aromatic rings. The summed E-state index contributed by atoms with van der Waals surface area (Å²) in [6.07, 6.45) is 2.30. The first-order valence-electron chi connectivity index (χ1n) is 10.3. The fraction of sp³-hybridized carbons (Fsp3) is 0.478. The zero-order valence-electron chi connectivity index (χ0n) is 16.5. The molecular formula is C23H27N3O2. The summed E-state index contributed by atoms with van der Waals surface area (Å²) >= 11 is 0. The average Bonchev–Trinajstić information content (AvgIpc) is 3.16. The minimum absolute atomic E-state index is 0.0946. The molecule has 5 heterocycles. The van der Waals surface area contributed by atoms with Crippen molar-refractivity contribution < 1.29 is 4.79 Å². The van der Waals surface area contributed by atoms with E-state index in [-0.39, 0.29) is 17.5 Å². The second kappa shape index (κ2) is 6.59. The number of rotatable bonds is 2. The normalized spacial score (nSPS) is 31.1. The molecule has 6 rings (SSSR count). The van der Waals surface area contributed by atoms with Gasteiger partial charge in [0.2, 0.25) is 0 Å². The summed E-state index contributed by atoms with van der Waals surface area (Å²) in [5.74, 6) is 0.761. The lowest BCUT2D eigenvalue weighted by atomic mass is 9.75. The molecule has 4 aliphatic heterocycles. The van der Waals surface area contributed by atoms with Crippen molar-refractivity contribution >= 4 is 5.91 Å². The molecule has 0 radical (unpaired) electrons. The van der Waals surface area contributed by atoms with Crippen LogP contribution in [-0.4, -0.2) is 52.0 Å². The molecule has 0 aliphatic carbocycles. The standard InChI is InChI=1S/C23H27N3O2/c1-15-8-9-18(22(27)24(15)2)23(28)26-14-19(16-6-4-3-5-7-16)21-20(26)17-10-12-25(21)13-11-17/h3-9,17,19-21H,10-14H2,1-2H3/t19-,20-,21-/m1/s1. The monoisotopic (exact) mass is 377 g/mol. The highest BCUT2D eigenvalue weighted by atomic mass is 16.2. The van der Waals surface area contributed by atoms with Gasteiger partial charge >= 0.3 is 0 Å². The van der Waals surface area contributed by atoms with Crippen molar-refractivity contribution in [3.8, 4) is 0 Å². The van der Waals surface area contributed by atoms with Crippen molar-refractivity contribution in [2.45, 2.75) is 37.8 Å². The summed E-state index contributed by atoms with van der Waals surface area (Å²) < 4.78 is 1.58. The fourth-order valence-electron chi connectivity index (χ4n) is 5.69. The molecular weight excluding hydrogens is 350 g/mol. The SMILES string of the molecule is Cc1ccc(C(=O)N2C[C@H](c3ccccc3)[C@@H]3[C@H]2C2CCN3CC2)c(=O)n1C. The highest BCUT2D eigenvalue weighted by molar-refractivity contribution is 5.94. The number of hydrogen-bond acceptors (Lipinski definition) is 3. The average molecular weight is 377 g/mol. The summed E-state index contributed by atoms with van der Waals surface area (Å²) in [6, 6.07) is 14.7. The van der Waals surface area contributed by atoms with Crippen LogP contribution in [0.2, 0.25) is 0 Å². The molecule has 4 saturated heterocycles. The number of pyridine rings is 1. The molecule has 146 valence electrons. The number of benzene rings is 1. The predicted molar refractivity (Wildman–Crippen MR) is 109 cm³/mol. The van der Waals surface area contributed by atoms with Gasteiger partial charge in [-0.1, -0.05) is 30.3 Å². The molecule has 28 heavy (non-hydrogen) atoms. The Hall–Kier alpha value is -2.40. The van der Waals surface area contributed by atoms with Gasteiger partial charge in [0.25, 0.3) is 11.5 Å². The summed E-state index contributed by atoms with van der Waals surface area (Å²) in [4.78, 5) is 30.9. The quantitative estimate of drug-likeness (QED) is 0.807. The number of nitrogens with zero attached hydrogens (tertiary/aromatic N) is 3. The molecule has 1 aromatic heterocycles. The van der Waals surface area contributed by atoms with Crippen LogP contribution in [-0.2, 0) is 7.05 Å². The van der Waals surface area contributed by atoms with E-state index in [2.05, 4.69) is 29.2 Å². The van der Waals surface area contributed by atoms with Crippen LogP contribution in [0.5, 0.6) is 0 Å². The molecule has 4 aliphatic rings. The van der Waals surface area contributed by atoms with Crippen LogP contribution < -0.4 is 5.56 Å². The van der Waals surface area contributed by atoms with E-state index in [0.29, 0.717) is 30.0 Å². The first-order chi connectivity index (χ1) is 13.6. The maximum absolute atomic E-state index is 13.5. The van der Waals surface area contributed by atoms with Crippen molar-refractivity contribution in [2.24, 2.45) is 13.0 Å². The fourth-order valence-corrected chi connectivity index (χ4v) is 5.69. The molecule has 5 heteroatoms. The van der Waals surface area contributed by atoms with Crippen molar-refractivity contribution in [1.82, 2.24) is 14.4 Å². The Labute approximate surface area is 165 Å². The van der Waals surface area contributed by atoms with Crippen molar-refractivity contribution in [3.05, 3.63) is 69.6 Å². The van der Waals surface area contributed by atoms with E-state index < -0.39 is 0 Å². The van der Waals surface area contributed by atoms with Gasteiger partial charge in [-0.2, -0.15) is 0 Å². The van der Waals surface area contributed by atoms with Crippen molar-refractivity contribution in [2.75, 3.05) is 19.6 Å². The smallest absolute Gasteiger partial charge is 0.263 e. The number of likely N-dealkylation sites (tertiary alicyclic amines) is 1. The van der Waals surface area contributed by atoms with Crippen LogP contribution in [0.25, 0.3) is 0 Å². The maximum Gasteiger partial charge on any atom is 0.263 e. The lowest BCUT2D eigenvalue weighted by molar-refractivity contribution is -0.00347. The first kappa shape index (κ1) is 17.7. The molecule has 5 nitrogen and oxygen atoms in total. The van der Waals surface area contributed by atoms with Gasteiger partial charge in [-0.3, -0.25) is 14.5 Å². The first-order valence-corrected chi connectivity index (χ1v) is 10.3. The number of piperidine rings is 3. The molecule has 0 saturated carbocycles. The van der Waals surface area contributed by atoms with Crippen LogP contribution in [0.15, 0.2) is 47.3 Å². The van der Waals surface area contributed by atoms with E-state index in [1.807, 2.05) is 24.0 Å². The lowest BCUT2D eigenvalue weighted by Crippen LogP contribution is -2.61. The molecule has 1 amide bonds. The van der Waals surface area contributed by atoms with Gasteiger partial charge in [0.15, 0.2) is 0 Å². The van der Waals surface area contributed by atoms with Gasteiger partial charge in [0.1, 0.15) is 5.56 Å². The molecule has 1 aromatic carbocycles. The van der Waals surface area contributed by atoms with E-state index in [9.17, 15) is 9.59 Å². The topological polar surface area (TPSA) is 45.6 Å². The van der Waals surface area contributed by atoms with Crippen molar-refractivity contribution in [1.29, 1.82) is 0 Å². The maximum atomic E-state index is 13.5. The Morgan fingerprint density at radius 2 is 1.71 bits per heavy atom. The number of fused-ring (bicyclic) bond motifs is 2. The van der Waals surface area contributed by atoms with Gasteiger partial charge in [-0.15, -0.1) is 0 Å². The highest BCUT2D eigenvalue weighted by Gasteiger charge is 2.54. The molecule has 0 N–H and O–H groups in total. The summed E-state index contributed by atoms with van der Waals surface area (Å²) in [5, 5.41) is 0. The van der Waals surface area contributed by atoms with Crippen LogP contribution in [0.3, 0.4) is 0 Å². The summed E-state index contributed by atoms with van der Waals surface area (Å²) in [7, 11) is 1.74. The predicted octanol–water partition coefficient (Wildman–Crippen LogP) is 2.40. The second-order valence-electron chi connectivity index (χ2n) is 8.58. The third-order valence-corrected chi connectivity index (χ3v) is 7.27. The number of aromatic nitrogens is 1. The molecule has 2 bridgehead atoms. The highest BCUT2D eigenvalue weighted by Crippen LogP contribution is 2.46. The molecule has 4 fully saturated rings. The van der Waals surface area contributed by atoms with Crippen LogP contribution >= 0.6 is 0 Å². The van der Waals surface area contributed by atoms with Crippen LogP contribution in [0, 0.1) is 12.8 Å². The van der Waals surface area contributed by atoms with Gasteiger partial charge in [-0.05, 0) is 56.5 Å². The largest absolute Gasteiger partial charge is 0.333 e. The number of carbonyl (C=O) groups excluding carboxylic acids is 1. The minimum atomic E-state index is -0.189. The van der Waals surface area contributed by atoms with E-state index >= 15 is 0 Å².